The maximum absolute atomic E-state index is 14.0. The molecule has 0 heterocycles. The van der Waals surface area contributed by atoms with Gasteiger partial charge in [0.1, 0.15) is 0 Å². The largest absolute Gasteiger partial charge is 0.460 e. The van der Waals surface area contributed by atoms with Gasteiger partial charge in [-0.2, -0.15) is 30.7 Å². The minimum Gasteiger partial charge on any atom is -0.368 e. The van der Waals surface area contributed by atoms with Gasteiger partial charge in [0, 0.05) is 11.1 Å². The normalized spacial score (nSPS) is 14.9. The van der Waals surface area contributed by atoms with Crippen LogP contribution >= 0.6 is 0 Å². The van der Waals surface area contributed by atoms with Crippen molar-refractivity contribution in [3.05, 3.63) is 48.0 Å². The van der Waals surface area contributed by atoms with Gasteiger partial charge in [-0.1, -0.05) is 36.6 Å². The first-order valence-electron chi connectivity index (χ1n) is 6.51. The molecule has 1 aromatic rings. The van der Waals surface area contributed by atoms with Crippen molar-refractivity contribution in [2.75, 3.05) is 0 Å². The minimum absolute atomic E-state index is 0.0663. The molecule has 0 aliphatic carbocycles. The van der Waals surface area contributed by atoms with Gasteiger partial charge in [0.15, 0.2) is 5.78 Å². The molecule has 1 aromatic carbocycles. The second-order valence-corrected chi connectivity index (χ2v) is 5.01. The Hall–Kier alpha value is -2.34. The molecule has 0 saturated carbocycles. The number of alkyl halides is 7. The highest BCUT2D eigenvalue weighted by Gasteiger charge is 2.80. The van der Waals surface area contributed by atoms with Crippen molar-refractivity contribution in [2.24, 2.45) is 0 Å². The van der Waals surface area contributed by atoms with E-state index in [1.165, 1.54) is 36.3 Å². The summed E-state index contributed by atoms with van der Waals surface area (Å²) >= 11 is 0. The number of hydrogen-bond donors (Lipinski definition) is 1. The zero-order valence-corrected chi connectivity index (χ0v) is 12.6. The summed E-state index contributed by atoms with van der Waals surface area (Å²) in [7, 11) is 0. The van der Waals surface area contributed by atoms with E-state index < -0.39 is 35.0 Å². The van der Waals surface area contributed by atoms with E-state index in [1.54, 1.807) is 0 Å². The van der Waals surface area contributed by atoms with Crippen LogP contribution in [0.2, 0.25) is 0 Å². The smallest absolute Gasteiger partial charge is 0.368 e. The lowest BCUT2D eigenvalue weighted by Gasteiger charge is -2.37. The van der Waals surface area contributed by atoms with E-state index in [4.69, 9.17) is 0 Å². The fraction of sp³-hybridized carbons (Fsp3) is 0.312. The average Bonchev–Trinajstić information content (AvgIpc) is 2.51. The van der Waals surface area contributed by atoms with E-state index in [-0.39, 0.29) is 5.56 Å². The van der Waals surface area contributed by atoms with Crippen LogP contribution < -0.4 is 0 Å². The van der Waals surface area contributed by atoms with E-state index >= 15 is 0 Å². The second kappa shape index (κ2) is 6.52. The highest BCUT2D eigenvalue weighted by atomic mass is 19.4. The molecule has 2 nitrogen and oxygen atoms in total. The lowest BCUT2D eigenvalue weighted by atomic mass is 9.82. The van der Waals surface area contributed by atoms with E-state index in [1.807, 2.05) is 5.92 Å². The van der Waals surface area contributed by atoms with Gasteiger partial charge in [-0.15, -0.1) is 0 Å². The Morgan fingerprint density at radius 1 is 1.00 bits per heavy atom. The molecule has 0 radical (unpaired) electrons. The van der Waals surface area contributed by atoms with Crippen molar-refractivity contribution in [1.29, 1.82) is 0 Å². The van der Waals surface area contributed by atoms with Crippen molar-refractivity contribution in [3.8, 4) is 11.8 Å². The number of benzene rings is 1. The van der Waals surface area contributed by atoms with E-state index in [9.17, 15) is 40.6 Å². The number of ketones is 1. The molecular weight excluding hydrogens is 357 g/mol. The first-order chi connectivity index (χ1) is 11.2. The molecule has 0 spiro atoms. The SMILES string of the molecule is C=C(C(C)=O)C(O)(C#Cc1ccccc1)C(F)(F)C(F)(F)C(F)(F)F. The highest BCUT2D eigenvalue weighted by Crippen LogP contribution is 2.52. The highest BCUT2D eigenvalue weighted by molar-refractivity contribution is 5.96. The Kier molecular flexibility index (Phi) is 5.40. The molecule has 1 atom stereocenters. The number of carbonyl (C=O) groups excluding carboxylic acids is 1. The van der Waals surface area contributed by atoms with E-state index in [2.05, 4.69) is 6.58 Å². The van der Waals surface area contributed by atoms with Gasteiger partial charge < -0.3 is 5.11 Å². The molecule has 1 rings (SSSR count). The van der Waals surface area contributed by atoms with Gasteiger partial charge in [0.2, 0.25) is 5.60 Å². The molecule has 25 heavy (non-hydrogen) atoms. The summed E-state index contributed by atoms with van der Waals surface area (Å²) < 4.78 is 91.8. The Labute approximate surface area is 138 Å². The van der Waals surface area contributed by atoms with Crippen molar-refractivity contribution in [1.82, 2.24) is 0 Å². The zero-order valence-electron chi connectivity index (χ0n) is 12.6. The molecule has 0 saturated heterocycles. The van der Waals surface area contributed by atoms with Crippen molar-refractivity contribution < 1.29 is 40.6 Å². The van der Waals surface area contributed by atoms with E-state index in [0.29, 0.717) is 6.92 Å². The Bertz CT molecular complexity index is 726. The van der Waals surface area contributed by atoms with Crippen molar-refractivity contribution in [3.63, 3.8) is 0 Å². The summed E-state index contributed by atoms with van der Waals surface area (Å²) in [5.41, 5.74) is -6.10. The summed E-state index contributed by atoms with van der Waals surface area (Å²) in [4.78, 5) is 11.2. The summed E-state index contributed by atoms with van der Waals surface area (Å²) in [6.07, 6.45) is -6.70. The number of rotatable bonds is 4. The topological polar surface area (TPSA) is 37.3 Å². The van der Waals surface area contributed by atoms with Crippen LogP contribution in [0.4, 0.5) is 30.7 Å². The standard InChI is InChI=1S/C16H11F7O2/c1-10(11(2)24)13(25,9-8-12-6-4-3-5-7-12)14(17,18)15(19,20)16(21,22)23/h3-7,25H,1H2,2H3. The third-order valence-corrected chi connectivity index (χ3v) is 3.23. The molecule has 1 N–H and O–H groups in total. The zero-order chi connectivity index (χ0) is 19.7. The number of aliphatic hydroxyl groups is 1. The lowest BCUT2D eigenvalue weighted by Crippen LogP contribution is -2.64. The van der Waals surface area contributed by atoms with Crippen LogP contribution in [0, 0.1) is 11.8 Å². The fourth-order valence-electron chi connectivity index (χ4n) is 1.69. The van der Waals surface area contributed by atoms with Crippen LogP contribution in [-0.4, -0.2) is 34.5 Å². The molecule has 1 unspecified atom stereocenters. The molecular formula is C16H11F7O2. The second-order valence-electron chi connectivity index (χ2n) is 5.01. The van der Waals surface area contributed by atoms with Gasteiger partial charge in [-0.25, -0.2) is 0 Å². The van der Waals surface area contributed by atoms with Crippen LogP contribution in [0.5, 0.6) is 0 Å². The van der Waals surface area contributed by atoms with Crippen molar-refractivity contribution >= 4 is 5.78 Å². The molecule has 0 aromatic heterocycles. The van der Waals surface area contributed by atoms with Gasteiger partial charge in [-0.3, -0.25) is 4.79 Å². The van der Waals surface area contributed by atoms with Crippen LogP contribution in [0.25, 0.3) is 0 Å². The van der Waals surface area contributed by atoms with Gasteiger partial charge >= 0.3 is 18.0 Å². The van der Waals surface area contributed by atoms with Crippen LogP contribution in [0.1, 0.15) is 12.5 Å². The summed E-state index contributed by atoms with van der Waals surface area (Å²) in [6, 6.07) is 6.71. The average molecular weight is 368 g/mol. The molecule has 9 heteroatoms. The van der Waals surface area contributed by atoms with Crippen LogP contribution in [0.15, 0.2) is 42.5 Å². The Morgan fingerprint density at radius 2 is 1.48 bits per heavy atom. The summed E-state index contributed by atoms with van der Waals surface area (Å²) in [6.45, 7) is 3.29. The number of Topliss-reactive ketones (excluding diaryl/α,β-unsaturated/α-hetero) is 1. The Morgan fingerprint density at radius 3 is 1.88 bits per heavy atom. The van der Waals surface area contributed by atoms with Crippen LogP contribution in [-0.2, 0) is 4.79 Å². The molecule has 0 aliphatic heterocycles. The first kappa shape index (κ1) is 20.7. The third-order valence-electron chi connectivity index (χ3n) is 3.23. The van der Waals surface area contributed by atoms with Gasteiger partial charge in [0.05, 0.1) is 0 Å². The molecule has 0 aliphatic rings. The lowest BCUT2D eigenvalue weighted by molar-refractivity contribution is -0.375. The first-order valence-corrected chi connectivity index (χ1v) is 6.51. The summed E-state index contributed by atoms with van der Waals surface area (Å²) in [5.74, 6) is -11.2. The Balaban J connectivity index is 3.61. The molecule has 136 valence electrons. The van der Waals surface area contributed by atoms with Gasteiger partial charge in [0.25, 0.3) is 0 Å². The fourth-order valence-corrected chi connectivity index (χ4v) is 1.69. The van der Waals surface area contributed by atoms with Gasteiger partial charge in [-0.05, 0) is 19.1 Å². The molecule has 0 fully saturated rings. The number of carbonyl (C=O) groups is 1. The maximum atomic E-state index is 14.0. The maximum Gasteiger partial charge on any atom is 0.460 e. The minimum atomic E-state index is -6.70. The predicted octanol–water partition coefficient (Wildman–Crippen LogP) is 3.75. The quantitative estimate of drug-likeness (QED) is 0.499. The number of hydrogen-bond acceptors (Lipinski definition) is 2. The monoisotopic (exact) mass is 368 g/mol. The predicted molar refractivity (Wildman–Crippen MR) is 74.0 cm³/mol. The van der Waals surface area contributed by atoms with E-state index in [0.717, 1.165) is 0 Å². The molecule has 0 bridgehead atoms. The van der Waals surface area contributed by atoms with Crippen LogP contribution in [0.3, 0.4) is 0 Å². The number of halogens is 7. The van der Waals surface area contributed by atoms with Crippen molar-refractivity contribution in [2.45, 2.75) is 30.5 Å². The molecule has 0 amide bonds. The summed E-state index contributed by atoms with van der Waals surface area (Å²) in [5, 5.41) is 9.91. The third kappa shape index (κ3) is 3.54.